The number of carbonyl (C=O) groups excluding carboxylic acids is 2. The Morgan fingerprint density at radius 3 is 2.21 bits per heavy atom. The van der Waals surface area contributed by atoms with Crippen molar-refractivity contribution in [1.82, 2.24) is 14.7 Å². The molecule has 0 atom stereocenters. The number of rotatable bonds is 8. The zero-order valence-corrected chi connectivity index (χ0v) is 20.6. The van der Waals surface area contributed by atoms with Crippen LogP contribution >= 0.6 is 0 Å². The van der Waals surface area contributed by atoms with Crippen LogP contribution in [-0.2, 0) is 17.8 Å². The van der Waals surface area contributed by atoms with Gasteiger partial charge in [-0.05, 0) is 68.5 Å². The molecule has 2 saturated heterocycles. The van der Waals surface area contributed by atoms with Crippen LogP contribution in [0.1, 0.15) is 37.8 Å². The number of urea groups is 1. The maximum atomic E-state index is 13.6. The highest BCUT2D eigenvalue weighted by Gasteiger charge is 2.58. The van der Waals surface area contributed by atoms with Crippen molar-refractivity contribution in [3.8, 4) is 11.5 Å². The number of hydrogen-bond donors (Lipinski definition) is 0. The number of benzene rings is 2. The molecule has 34 heavy (non-hydrogen) atoms. The van der Waals surface area contributed by atoms with Gasteiger partial charge in [-0.1, -0.05) is 24.3 Å². The molecule has 7 nitrogen and oxygen atoms in total. The van der Waals surface area contributed by atoms with E-state index in [9.17, 15) is 9.59 Å². The Morgan fingerprint density at radius 1 is 0.912 bits per heavy atom. The predicted molar refractivity (Wildman–Crippen MR) is 131 cm³/mol. The van der Waals surface area contributed by atoms with E-state index in [0.717, 1.165) is 36.7 Å². The number of hydrogen-bond acceptors (Lipinski definition) is 5. The van der Waals surface area contributed by atoms with Crippen molar-refractivity contribution >= 4 is 11.9 Å². The largest absolute Gasteiger partial charge is 0.497 e. The molecule has 0 radical (unpaired) electrons. The molecule has 1 spiro atoms. The van der Waals surface area contributed by atoms with Crippen molar-refractivity contribution < 1.29 is 19.1 Å². The number of imide groups is 1. The molecule has 0 N–H and O–H groups in total. The summed E-state index contributed by atoms with van der Waals surface area (Å²) in [6.45, 7) is 6.68. The van der Waals surface area contributed by atoms with Crippen LogP contribution in [0, 0.1) is 0 Å². The quantitative estimate of drug-likeness (QED) is 0.553. The second kappa shape index (κ2) is 10.1. The number of methoxy groups -OCH3 is 2. The van der Waals surface area contributed by atoms with E-state index >= 15 is 0 Å². The average molecular weight is 466 g/mol. The Bertz CT molecular complexity index is 1010. The lowest BCUT2D eigenvalue weighted by atomic mass is 9.85. The molecule has 2 aromatic carbocycles. The zero-order chi connectivity index (χ0) is 24.3. The molecule has 0 saturated carbocycles. The van der Waals surface area contributed by atoms with Crippen molar-refractivity contribution in [2.75, 3.05) is 33.9 Å². The summed E-state index contributed by atoms with van der Waals surface area (Å²) in [5, 5.41) is 0. The normalized spacial score (nSPS) is 18.3. The van der Waals surface area contributed by atoms with E-state index in [1.807, 2.05) is 55.1 Å². The zero-order valence-electron chi connectivity index (χ0n) is 20.6. The predicted octanol–water partition coefficient (Wildman–Crippen LogP) is 3.95. The molecule has 7 heteroatoms. The Hall–Kier alpha value is -3.06. The second-order valence-electron chi connectivity index (χ2n) is 9.46. The summed E-state index contributed by atoms with van der Waals surface area (Å²) in [6, 6.07) is 15.7. The lowest BCUT2D eigenvalue weighted by Crippen LogP contribution is -2.56. The maximum Gasteiger partial charge on any atom is 0.327 e. The van der Waals surface area contributed by atoms with Crippen molar-refractivity contribution in [3.05, 3.63) is 59.7 Å². The summed E-state index contributed by atoms with van der Waals surface area (Å²) in [6.07, 6.45) is 1.99. The third-order valence-corrected chi connectivity index (χ3v) is 7.09. The standard InChI is InChI=1S/C27H35N3O4/c1-20(2)30-25(31)27(29(26(30)32)15-12-21-8-10-23(33-3)11-9-21)13-16-28(17-14-27)19-22-6-5-7-24(18-22)34-4/h5-11,18,20H,12-17,19H2,1-4H3. The summed E-state index contributed by atoms with van der Waals surface area (Å²) < 4.78 is 10.6. The number of nitrogens with zero attached hydrogens (tertiary/aromatic N) is 3. The number of carbonyl (C=O) groups is 2. The Labute approximate surface area is 202 Å². The van der Waals surface area contributed by atoms with E-state index in [2.05, 4.69) is 17.0 Å². The number of piperidine rings is 1. The van der Waals surface area contributed by atoms with Gasteiger partial charge in [0.25, 0.3) is 5.91 Å². The van der Waals surface area contributed by atoms with Crippen LogP contribution in [-0.4, -0.2) is 72.1 Å². The van der Waals surface area contributed by atoms with E-state index in [1.165, 1.54) is 10.5 Å². The summed E-state index contributed by atoms with van der Waals surface area (Å²) in [4.78, 5) is 32.7. The highest BCUT2D eigenvalue weighted by Crippen LogP contribution is 2.38. The van der Waals surface area contributed by atoms with E-state index in [-0.39, 0.29) is 18.0 Å². The van der Waals surface area contributed by atoms with Crippen molar-refractivity contribution in [2.45, 2.75) is 51.2 Å². The average Bonchev–Trinajstić information content (AvgIpc) is 3.05. The molecule has 2 aliphatic heterocycles. The lowest BCUT2D eigenvalue weighted by Gasteiger charge is -2.42. The van der Waals surface area contributed by atoms with E-state index in [1.54, 1.807) is 14.2 Å². The molecule has 182 valence electrons. The Morgan fingerprint density at radius 2 is 1.59 bits per heavy atom. The molecule has 0 unspecified atom stereocenters. The number of likely N-dealkylation sites (tertiary alicyclic amines) is 1. The number of ether oxygens (including phenoxy) is 2. The first-order valence-electron chi connectivity index (χ1n) is 12.0. The highest BCUT2D eigenvalue weighted by molar-refractivity contribution is 6.07. The topological polar surface area (TPSA) is 62.3 Å². The van der Waals surface area contributed by atoms with E-state index in [4.69, 9.17) is 9.47 Å². The molecular formula is C27H35N3O4. The fraction of sp³-hybridized carbons (Fsp3) is 0.481. The molecular weight excluding hydrogens is 430 g/mol. The van der Waals surface area contributed by atoms with Gasteiger partial charge < -0.3 is 14.4 Å². The minimum Gasteiger partial charge on any atom is -0.497 e. The van der Waals surface area contributed by atoms with Crippen LogP contribution in [0.15, 0.2) is 48.5 Å². The fourth-order valence-electron chi connectivity index (χ4n) is 5.13. The van der Waals surface area contributed by atoms with Crippen LogP contribution < -0.4 is 9.47 Å². The first kappa shape index (κ1) is 24.1. The van der Waals surface area contributed by atoms with Crippen LogP contribution in [0.25, 0.3) is 0 Å². The molecule has 2 aliphatic rings. The highest BCUT2D eigenvalue weighted by atomic mass is 16.5. The second-order valence-corrected chi connectivity index (χ2v) is 9.46. The molecule has 2 heterocycles. The fourth-order valence-corrected chi connectivity index (χ4v) is 5.13. The molecule has 2 aromatic rings. The Kier molecular flexibility index (Phi) is 7.12. The van der Waals surface area contributed by atoms with Gasteiger partial charge in [-0.25, -0.2) is 4.79 Å². The van der Waals surface area contributed by atoms with Gasteiger partial charge in [0.1, 0.15) is 17.0 Å². The smallest absolute Gasteiger partial charge is 0.327 e. The molecule has 2 fully saturated rings. The molecule has 4 rings (SSSR count). The third-order valence-electron chi connectivity index (χ3n) is 7.09. The van der Waals surface area contributed by atoms with Crippen molar-refractivity contribution in [1.29, 1.82) is 0 Å². The van der Waals surface area contributed by atoms with Gasteiger partial charge in [0, 0.05) is 32.2 Å². The first-order valence-corrected chi connectivity index (χ1v) is 12.0. The van der Waals surface area contributed by atoms with Gasteiger partial charge in [-0.15, -0.1) is 0 Å². The van der Waals surface area contributed by atoms with Gasteiger partial charge in [0.2, 0.25) is 0 Å². The van der Waals surface area contributed by atoms with Crippen molar-refractivity contribution in [3.63, 3.8) is 0 Å². The minimum atomic E-state index is -0.751. The van der Waals surface area contributed by atoms with Gasteiger partial charge >= 0.3 is 6.03 Å². The van der Waals surface area contributed by atoms with Gasteiger partial charge in [-0.3, -0.25) is 14.6 Å². The van der Waals surface area contributed by atoms with Crippen molar-refractivity contribution in [2.24, 2.45) is 0 Å². The van der Waals surface area contributed by atoms with Crippen LogP contribution in [0.3, 0.4) is 0 Å². The molecule has 0 bridgehead atoms. The molecule has 3 amide bonds. The summed E-state index contributed by atoms with van der Waals surface area (Å²) >= 11 is 0. The monoisotopic (exact) mass is 465 g/mol. The van der Waals surface area contributed by atoms with Crippen LogP contribution in [0.4, 0.5) is 4.79 Å². The maximum absolute atomic E-state index is 13.6. The first-order chi connectivity index (χ1) is 16.4. The van der Waals surface area contributed by atoms with Crippen LogP contribution in [0.5, 0.6) is 11.5 Å². The van der Waals surface area contributed by atoms with Gasteiger partial charge in [-0.2, -0.15) is 0 Å². The molecule has 0 aromatic heterocycles. The van der Waals surface area contributed by atoms with Gasteiger partial charge in [0.05, 0.1) is 14.2 Å². The Balaban J connectivity index is 1.48. The minimum absolute atomic E-state index is 0.0386. The summed E-state index contributed by atoms with van der Waals surface area (Å²) in [5.74, 6) is 1.62. The number of amides is 3. The lowest BCUT2D eigenvalue weighted by molar-refractivity contribution is -0.136. The van der Waals surface area contributed by atoms with E-state index in [0.29, 0.717) is 25.8 Å². The van der Waals surface area contributed by atoms with Crippen LogP contribution in [0.2, 0.25) is 0 Å². The SMILES string of the molecule is COc1ccc(CCN2C(=O)N(C(C)C)C(=O)C23CCN(Cc2cccc(OC)c2)CC3)cc1. The summed E-state index contributed by atoms with van der Waals surface area (Å²) in [7, 11) is 3.32. The summed E-state index contributed by atoms with van der Waals surface area (Å²) in [5.41, 5.74) is 1.55. The third kappa shape index (κ3) is 4.62. The molecule has 0 aliphatic carbocycles. The van der Waals surface area contributed by atoms with E-state index < -0.39 is 5.54 Å². The van der Waals surface area contributed by atoms with Gasteiger partial charge in [0.15, 0.2) is 0 Å².